The van der Waals surface area contributed by atoms with Crippen LogP contribution in [-0.4, -0.2) is 9.55 Å². The van der Waals surface area contributed by atoms with Gasteiger partial charge in [0.15, 0.2) is 0 Å². The summed E-state index contributed by atoms with van der Waals surface area (Å²) >= 11 is 1.57. The lowest BCUT2D eigenvalue weighted by Gasteiger charge is -2.04. The highest BCUT2D eigenvalue weighted by atomic mass is 32.1. The van der Waals surface area contributed by atoms with Crippen molar-refractivity contribution in [3.8, 4) is 5.69 Å². The number of para-hydroxylation sites is 1. The first-order chi connectivity index (χ1) is 8.66. The minimum absolute atomic E-state index is 0.227. The number of benzene rings is 1. The molecule has 2 aromatic heterocycles. The van der Waals surface area contributed by atoms with E-state index < -0.39 is 0 Å². The highest BCUT2D eigenvalue weighted by Gasteiger charge is 2.09. The van der Waals surface area contributed by atoms with Crippen molar-refractivity contribution in [1.82, 2.24) is 9.55 Å². The van der Waals surface area contributed by atoms with Crippen LogP contribution in [0, 0.1) is 13.8 Å². The third kappa shape index (κ3) is 1.66. The molecule has 18 heavy (non-hydrogen) atoms. The Morgan fingerprint density at radius 1 is 1.17 bits per heavy atom. The molecule has 0 aliphatic heterocycles. The fourth-order valence-electron chi connectivity index (χ4n) is 1.96. The van der Waals surface area contributed by atoms with Crippen LogP contribution in [0.5, 0.6) is 0 Å². The van der Waals surface area contributed by atoms with Crippen LogP contribution in [0.1, 0.15) is 10.4 Å². The average molecular weight is 256 g/mol. The average Bonchev–Trinajstić information content (AvgIpc) is 2.65. The maximum absolute atomic E-state index is 12.0. The molecule has 90 valence electrons. The third-order valence-corrected chi connectivity index (χ3v) is 4.23. The molecule has 0 spiro atoms. The van der Waals surface area contributed by atoms with E-state index in [0.29, 0.717) is 0 Å². The zero-order valence-electron chi connectivity index (χ0n) is 10.2. The third-order valence-electron chi connectivity index (χ3n) is 3.11. The molecule has 3 nitrogen and oxygen atoms in total. The summed E-state index contributed by atoms with van der Waals surface area (Å²) in [6.07, 6.45) is 1.89. The zero-order chi connectivity index (χ0) is 12.7. The molecule has 0 amide bonds. The van der Waals surface area contributed by atoms with E-state index in [0.717, 1.165) is 15.9 Å². The molecule has 0 saturated heterocycles. The maximum atomic E-state index is 12.0. The van der Waals surface area contributed by atoms with E-state index in [1.54, 1.807) is 15.9 Å². The Morgan fingerprint density at radius 2 is 1.89 bits per heavy atom. The largest absolute Gasteiger partial charge is 0.353 e. The molecule has 0 N–H and O–H groups in total. The van der Waals surface area contributed by atoms with Crippen molar-refractivity contribution >= 4 is 21.6 Å². The summed E-state index contributed by atoms with van der Waals surface area (Å²) in [6, 6.07) is 9.57. The molecule has 3 rings (SSSR count). The van der Waals surface area contributed by atoms with Gasteiger partial charge in [-0.2, -0.15) is 4.98 Å². The zero-order valence-corrected chi connectivity index (χ0v) is 11.0. The van der Waals surface area contributed by atoms with E-state index in [-0.39, 0.29) is 5.69 Å². The second-order valence-corrected chi connectivity index (χ2v) is 5.43. The molecule has 0 aliphatic carbocycles. The smallest absolute Gasteiger partial charge is 0.267 e. The Kier molecular flexibility index (Phi) is 2.52. The molecule has 4 heteroatoms. The summed E-state index contributed by atoms with van der Waals surface area (Å²) < 4.78 is 1.60. The van der Waals surface area contributed by atoms with Gasteiger partial charge < -0.3 is 0 Å². The van der Waals surface area contributed by atoms with Gasteiger partial charge >= 0.3 is 5.69 Å². The van der Waals surface area contributed by atoms with E-state index in [1.807, 2.05) is 36.5 Å². The Labute approximate surface area is 108 Å². The highest BCUT2D eigenvalue weighted by molar-refractivity contribution is 7.18. The van der Waals surface area contributed by atoms with Crippen molar-refractivity contribution in [3.05, 3.63) is 57.5 Å². The van der Waals surface area contributed by atoms with Gasteiger partial charge in [0, 0.05) is 16.5 Å². The standard InChI is InChI=1S/C14H12N2OS/c1-9-10(2)18-13-12(9)8-16(14(17)15-13)11-6-4-3-5-7-11/h3-8H,1-2H3. The van der Waals surface area contributed by atoms with Gasteiger partial charge in [0.1, 0.15) is 4.83 Å². The SMILES string of the molecule is Cc1sc2nc(=O)n(-c3ccccc3)cc2c1C. The summed E-state index contributed by atoms with van der Waals surface area (Å²) in [7, 11) is 0. The number of fused-ring (bicyclic) bond motifs is 1. The lowest BCUT2D eigenvalue weighted by molar-refractivity contribution is 0.941. The minimum atomic E-state index is -0.227. The first-order valence-corrected chi connectivity index (χ1v) is 6.53. The molecule has 1 aromatic carbocycles. The minimum Gasteiger partial charge on any atom is -0.267 e. The first-order valence-electron chi connectivity index (χ1n) is 5.71. The van der Waals surface area contributed by atoms with Crippen LogP contribution >= 0.6 is 11.3 Å². The van der Waals surface area contributed by atoms with Gasteiger partial charge in [-0.25, -0.2) is 4.79 Å². The summed E-state index contributed by atoms with van der Waals surface area (Å²) in [5, 5.41) is 1.06. The van der Waals surface area contributed by atoms with Crippen molar-refractivity contribution in [2.24, 2.45) is 0 Å². The van der Waals surface area contributed by atoms with Gasteiger partial charge in [-0.05, 0) is 31.5 Å². The van der Waals surface area contributed by atoms with Crippen molar-refractivity contribution in [2.45, 2.75) is 13.8 Å². The second-order valence-electron chi connectivity index (χ2n) is 4.23. The fourth-order valence-corrected chi connectivity index (χ4v) is 2.95. The van der Waals surface area contributed by atoms with Gasteiger partial charge in [-0.1, -0.05) is 18.2 Å². The number of nitrogens with zero attached hydrogens (tertiary/aromatic N) is 2. The molecule has 0 radical (unpaired) electrons. The van der Waals surface area contributed by atoms with E-state index in [2.05, 4.69) is 18.8 Å². The van der Waals surface area contributed by atoms with E-state index in [4.69, 9.17) is 0 Å². The number of aryl methyl sites for hydroxylation is 2. The summed E-state index contributed by atoms with van der Waals surface area (Å²) in [5.41, 5.74) is 1.82. The van der Waals surface area contributed by atoms with Crippen molar-refractivity contribution in [2.75, 3.05) is 0 Å². The van der Waals surface area contributed by atoms with Gasteiger partial charge in [-0.15, -0.1) is 11.3 Å². The molecule has 0 aliphatic rings. The summed E-state index contributed by atoms with van der Waals surface area (Å²) in [6.45, 7) is 4.12. The van der Waals surface area contributed by atoms with Gasteiger partial charge in [0.2, 0.25) is 0 Å². The Hall–Kier alpha value is -1.94. The van der Waals surface area contributed by atoms with Crippen molar-refractivity contribution < 1.29 is 0 Å². The van der Waals surface area contributed by atoms with Crippen LogP contribution in [-0.2, 0) is 0 Å². The predicted octanol–water partition coefficient (Wildman–Crippen LogP) is 3.06. The number of hydrogen-bond acceptors (Lipinski definition) is 3. The summed E-state index contributed by atoms with van der Waals surface area (Å²) in [4.78, 5) is 18.2. The van der Waals surface area contributed by atoms with E-state index in [9.17, 15) is 4.79 Å². The number of hydrogen-bond donors (Lipinski definition) is 0. The van der Waals surface area contributed by atoms with Crippen LogP contribution in [0.2, 0.25) is 0 Å². The van der Waals surface area contributed by atoms with Crippen LogP contribution in [0.25, 0.3) is 15.9 Å². The molecule has 0 saturated carbocycles. The molecule has 0 fully saturated rings. The van der Waals surface area contributed by atoms with Gasteiger partial charge in [-0.3, -0.25) is 4.57 Å². The predicted molar refractivity (Wildman–Crippen MR) is 74.7 cm³/mol. The second kappa shape index (κ2) is 4.07. The Morgan fingerprint density at radius 3 is 2.61 bits per heavy atom. The van der Waals surface area contributed by atoms with Crippen LogP contribution in [0.3, 0.4) is 0 Å². The first kappa shape index (κ1) is 11.2. The normalized spacial score (nSPS) is 11.0. The molecular formula is C14H12N2OS. The molecule has 3 aromatic rings. The van der Waals surface area contributed by atoms with Crippen molar-refractivity contribution in [1.29, 1.82) is 0 Å². The lowest BCUT2D eigenvalue weighted by atomic mass is 10.2. The van der Waals surface area contributed by atoms with E-state index >= 15 is 0 Å². The Bertz CT molecular complexity index is 772. The monoisotopic (exact) mass is 256 g/mol. The molecule has 0 bridgehead atoms. The molecular weight excluding hydrogens is 244 g/mol. The van der Waals surface area contributed by atoms with E-state index in [1.165, 1.54) is 10.4 Å². The molecule has 0 atom stereocenters. The Balaban J connectivity index is 2.34. The topological polar surface area (TPSA) is 34.9 Å². The maximum Gasteiger partial charge on any atom is 0.353 e. The van der Waals surface area contributed by atoms with Gasteiger partial charge in [0.25, 0.3) is 0 Å². The van der Waals surface area contributed by atoms with Gasteiger partial charge in [0.05, 0.1) is 5.69 Å². The van der Waals surface area contributed by atoms with Crippen LogP contribution < -0.4 is 5.69 Å². The molecule has 2 heterocycles. The number of thiophene rings is 1. The quantitative estimate of drug-likeness (QED) is 0.670. The lowest BCUT2D eigenvalue weighted by Crippen LogP contribution is -2.20. The van der Waals surface area contributed by atoms with Crippen molar-refractivity contribution in [3.63, 3.8) is 0 Å². The summed E-state index contributed by atoms with van der Waals surface area (Å²) in [5.74, 6) is 0. The highest BCUT2D eigenvalue weighted by Crippen LogP contribution is 2.27. The number of aromatic nitrogens is 2. The van der Waals surface area contributed by atoms with Crippen LogP contribution in [0.4, 0.5) is 0 Å². The molecule has 0 unspecified atom stereocenters. The number of rotatable bonds is 1. The van der Waals surface area contributed by atoms with Crippen LogP contribution in [0.15, 0.2) is 41.3 Å². The fraction of sp³-hybridized carbons (Fsp3) is 0.143.